The smallest absolute Gasteiger partial charge is 0.306 e. The highest BCUT2D eigenvalue weighted by atomic mass is 16.5. The number of carboxylic acids is 1. The topological polar surface area (TPSA) is 78.9 Å². The van der Waals surface area contributed by atoms with E-state index >= 15 is 0 Å². The third-order valence-corrected chi connectivity index (χ3v) is 3.92. The number of carboxylic acid groups (broad SMARTS) is 1. The Bertz CT molecular complexity index is 343. The number of carbonyl (C=O) groups is 2. The Morgan fingerprint density at radius 2 is 1.81 bits per heavy atom. The van der Waals surface area contributed by atoms with Crippen LogP contribution in [-0.2, 0) is 14.3 Å². The zero-order valence-electron chi connectivity index (χ0n) is 13.3. The van der Waals surface area contributed by atoms with Gasteiger partial charge in [0.2, 0.25) is 5.91 Å². The summed E-state index contributed by atoms with van der Waals surface area (Å²) in [4.78, 5) is 24.8. The van der Waals surface area contributed by atoms with E-state index in [1.807, 2.05) is 18.7 Å². The molecule has 3 atom stereocenters. The number of rotatable bonds is 8. The maximum Gasteiger partial charge on any atom is 0.306 e. The Morgan fingerprint density at radius 3 is 2.38 bits per heavy atom. The third kappa shape index (κ3) is 6.44. The van der Waals surface area contributed by atoms with E-state index in [1.165, 1.54) is 0 Å². The van der Waals surface area contributed by atoms with Crippen LogP contribution in [0.15, 0.2) is 0 Å². The largest absolute Gasteiger partial charge is 0.481 e. The van der Waals surface area contributed by atoms with Gasteiger partial charge in [-0.15, -0.1) is 0 Å². The van der Waals surface area contributed by atoms with Crippen LogP contribution in [-0.4, -0.2) is 60.3 Å². The molecule has 2 N–H and O–H groups in total. The Hall–Kier alpha value is -1.14. The molecule has 0 radical (unpaired) electrons. The minimum absolute atomic E-state index is 0.115. The van der Waals surface area contributed by atoms with E-state index < -0.39 is 5.97 Å². The molecule has 21 heavy (non-hydrogen) atoms. The van der Waals surface area contributed by atoms with Gasteiger partial charge < -0.3 is 20.1 Å². The van der Waals surface area contributed by atoms with Crippen LogP contribution < -0.4 is 5.32 Å². The average molecular weight is 300 g/mol. The number of nitrogens with zero attached hydrogens (tertiary/aromatic N) is 1. The molecule has 1 aliphatic heterocycles. The lowest BCUT2D eigenvalue weighted by molar-refractivity contribution is -0.141. The highest BCUT2D eigenvalue weighted by Crippen LogP contribution is 2.10. The van der Waals surface area contributed by atoms with Crippen molar-refractivity contribution in [2.45, 2.75) is 52.1 Å². The van der Waals surface area contributed by atoms with Crippen molar-refractivity contribution >= 4 is 11.9 Å². The number of hydrogen-bond acceptors (Lipinski definition) is 4. The van der Waals surface area contributed by atoms with Crippen LogP contribution in [0.1, 0.15) is 40.0 Å². The molecule has 0 aromatic heterocycles. The molecule has 0 spiro atoms. The van der Waals surface area contributed by atoms with Crippen LogP contribution in [0.2, 0.25) is 0 Å². The number of aliphatic carboxylic acids is 1. The van der Waals surface area contributed by atoms with Gasteiger partial charge in [-0.05, 0) is 26.7 Å². The van der Waals surface area contributed by atoms with Crippen LogP contribution >= 0.6 is 0 Å². The fourth-order valence-electron chi connectivity index (χ4n) is 2.49. The van der Waals surface area contributed by atoms with Gasteiger partial charge in [0.15, 0.2) is 0 Å². The number of morpholine rings is 1. The molecule has 122 valence electrons. The van der Waals surface area contributed by atoms with Gasteiger partial charge in [0.25, 0.3) is 0 Å². The monoisotopic (exact) mass is 300 g/mol. The SMILES string of the molecule is CC(CCCC(C)C(=O)O)NC(C)C(=O)N1CCOCC1. The summed E-state index contributed by atoms with van der Waals surface area (Å²) in [6, 6.07) is -0.0130. The van der Waals surface area contributed by atoms with Gasteiger partial charge >= 0.3 is 5.97 Å². The van der Waals surface area contributed by atoms with Crippen molar-refractivity contribution in [2.24, 2.45) is 5.92 Å². The average Bonchev–Trinajstić information content (AvgIpc) is 2.46. The van der Waals surface area contributed by atoms with Gasteiger partial charge in [-0.1, -0.05) is 13.3 Å². The second-order valence-electron chi connectivity index (χ2n) is 5.90. The van der Waals surface area contributed by atoms with E-state index in [0.29, 0.717) is 32.7 Å². The summed E-state index contributed by atoms with van der Waals surface area (Å²) in [6.45, 7) is 8.20. The minimum atomic E-state index is -0.744. The molecule has 0 aliphatic carbocycles. The summed E-state index contributed by atoms with van der Waals surface area (Å²) in [5.74, 6) is -0.930. The molecule has 6 nitrogen and oxygen atoms in total. The van der Waals surface area contributed by atoms with Crippen LogP contribution in [0.3, 0.4) is 0 Å². The lowest BCUT2D eigenvalue weighted by atomic mass is 10.0. The lowest BCUT2D eigenvalue weighted by Crippen LogP contribution is -2.51. The molecule has 1 amide bonds. The van der Waals surface area contributed by atoms with Crippen LogP contribution in [0.25, 0.3) is 0 Å². The third-order valence-electron chi connectivity index (χ3n) is 3.92. The molecular formula is C15H28N2O4. The fraction of sp³-hybridized carbons (Fsp3) is 0.867. The van der Waals surface area contributed by atoms with Gasteiger partial charge in [0, 0.05) is 19.1 Å². The zero-order chi connectivity index (χ0) is 15.8. The van der Waals surface area contributed by atoms with E-state index in [9.17, 15) is 9.59 Å². The number of carbonyl (C=O) groups excluding carboxylic acids is 1. The number of amides is 1. The standard InChI is InChI=1S/C15H28N2O4/c1-11(15(19)20)5-4-6-12(2)16-13(3)14(18)17-7-9-21-10-8-17/h11-13,16H,4-10H2,1-3H3,(H,19,20). The number of nitrogens with one attached hydrogen (secondary N) is 1. The first kappa shape index (κ1) is 17.9. The molecule has 1 saturated heterocycles. The molecule has 1 rings (SSSR count). The van der Waals surface area contributed by atoms with Crippen molar-refractivity contribution in [2.75, 3.05) is 26.3 Å². The fourth-order valence-corrected chi connectivity index (χ4v) is 2.49. The maximum absolute atomic E-state index is 12.2. The van der Waals surface area contributed by atoms with Gasteiger partial charge in [-0.2, -0.15) is 0 Å². The Balaban J connectivity index is 2.24. The Kier molecular flexibility index (Phi) is 7.67. The Labute approximate surface area is 126 Å². The normalized spacial score (nSPS) is 19.9. The highest BCUT2D eigenvalue weighted by molar-refractivity contribution is 5.81. The minimum Gasteiger partial charge on any atom is -0.481 e. The van der Waals surface area contributed by atoms with E-state index in [0.717, 1.165) is 12.8 Å². The molecule has 0 bridgehead atoms. The second-order valence-corrected chi connectivity index (χ2v) is 5.90. The van der Waals surface area contributed by atoms with Gasteiger partial charge in [0.1, 0.15) is 0 Å². The van der Waals surface area contributed by atoms with Crippen molar-refractivity contribution in [1.29, 1.82) is 0 Å². The van der Waals surface area contributed by atoms with Crippen molar-refractivity contribution in [3.8, 4) is 0 Å². The van der Waals surface area contributed by atoms with Gasteiger partial charge in [-0.25, -0.2) is 0 Å². The first-order valence-electron chi connectivity index (χ1n) is 7.77. The molecular weight excluding hydrogens is 272 g/mol. The Morgan fingerprint density at radius 1 is 1.19 bits per heavy atom. The van der Waals surface area contributed by atoms with Crippen LogP contribution in [0.5, 0.6) is 0 Å². The van der Waals surface area contributed by atoms with Crippen molar-refractivity contribution in [1.82, 2.24) is 10.2 Å². The molecule has 1 fully saturated rings. The quantitative estimate of drug-likeness (QED) is 0.702. The van der Waals surface area contributed by atoms with Gasteiger partial charge in [0.05, 0.1) is 25.2 Å². The summed E-state index contributed by atoms with van der Waals surface area (Å²) >= 11 is 0. The summed E-state index contributed by atoms with van der Waals surface area (Å²) in [6.07, 6.45) is 2.39. The molecule has 0 saturated carbocycles. The van der Waals surface area contributed by atoms with Crippen molar-refractivity contribution < 1.29 is 19.4 Å². The van der Waals surface area contributed by atoms with Crippen molar-refractivity contribution in [3.63, 3.8) is 0 Å². The predicted octanol–water partition coefficient (Wildman–Crippen LogP) is 1.10. The number of ether oxygens (including phenoxy) is 1. The first-order chi connectivity index (χ1) is 9.91. The molecule has 1 heterocycles. The van der Waals surface area contributed by atoms with E-state index in [2.05, 4.69) is 5.32 Å². The second kappa shape index (κ2) is 9.00. The molecule has 3 unspecified atom stereocenters. The summed E-state index contributed by atoms with van der Waals surface area (Å²) in [5.41, 5.74) is 0. The molecule has 0 aromatic rings. The van der Waals surface area contributed by atoms with Crippen LogP contribution in [0.4, 0.5) is 0 Å². The summed E-state index contributed by atoms with van der Waals surface area (Å²) in [7, 11) is 0. The first-order valence-corrected chi connectivity index (χ1v) is 7.77. The molecule has 6 heteroatoms. The van der Waals surface area contributed by atoms with Crippen molar-refractivity contribution in [3.05, 3.63) is 0 Å². The van der Waals surface area contributed by atoms with E-state index in [-0.39, 0.29) is 23.9 Å². The summed E-state index contributed by atoms with van der Waals surface area (Å²) < 4.78 is 5.24. The van der Waals surface area contributed by atoms with Crippen LogP contribution in [0, 0.1) is 5.92 Å². The lowest BCUT2D eigenvalue weighted by Gasteiger charge is -2.30. The molecule has 1 aliphatic rings. The summed E-state index contributed by atoms with van der Waals surface area (Å²) in [5, 5.41) is 12.1. The van der Waals surface area contributed by atoms with E-state index in [4.69, 9.17) is 9.84 Å². The maximum atomic E-state index is 12.2. The zero-order valence-corrected chi connectivity index (χ0v) is 13.3. The number of hydrogen-bond donors (Lipinski definition) is 2. The van der Waals surface area contributed by atoms with Gasteiger partial charge in [-0.3, -0.25) is 9.59 Å². The highest BCUT2D eigenvalue weighted by Gasteiger charge is 2.23. The predicted molar refractivity (Wildman–Crippen MR) is 80.1 cm³/mol. The molecule has 0 aromatic carbocycles. The van der Waals surface area contributed by atoms with E-state index in [1.54, 1.807) is 6.92 Å².